The first-order valence-electron chi connectivity index (χ1n) is 7.56. The molecule has 0 spiro atoms. The fourth-order valence-electron chi connectivity index (χ4n) is 2.14. The second-order valence-corrected chi connectivity index (χ2v) is 5.96. The van der Waals surface area contributed by atoms with Crippen LogP contribution in [0.3, 0.4) is 0 Å². The summed E-state index contributed by atoms with van der Waals surface area (Å²) in [7, 11) is 1.60. The van der Waals surface area contributed by atoms with E-state index in [4.69, 9.17) is 27.9 Å². The Labute approximate surface area is 160 Å². The van der Waals surface area contributed by atoms with Gasteiger partial charge in [0.2, 0.25) is 5.95 Å². The summed E-state index contributed by atoms with van der Waals surface area (Å²) in [5.41, 5.74) is 1.36. The van der Waals surface area contributed by atoms with E-state index in [0.29, 0.717) is 16.7 Å². The molecule has 0 unspecified atom stereocenters. The molecular formula is C18H14Cl2N4O2. The molecule has 0 aliphatic heterocycles. The van der Waals surface area contributed by atoms with Gasteiger partial charge in [-0.05, 0) is 42.5 Å². The summed E-state index contributed by atoms with van der Waals surface area (Å²) in [5.74, 6) is 0.609. The highest BCUT2D eigenvalue weighted by Crippen LogP contribution is 2.29. The molecule has 6 nitrogen and oxygen atoms in total. The third-order valence-electron chi connectivity index (χ3n) is 3.43. The number of nitrogens with zero attached hydrogens (tertiary/aromatic N) is 2. The van der Waals surface area contributed by atoms with Gasteiger partial charge >= 0.3 is 0 Å². The first kappa shape index (κ1) is 18.0. The minimum atomic E-state index is -0.422. The van der Waals surface area contributed by atoms with Gasteiger partial charge in [-0.15, -0.1) is 0 Å². The largest absolute Gasteiger partial charge is 0.497 e. The predicted octanol–water partition coefficient (Wildman–Crippen LogP) is 4.79. The zero-order valence-electron chi connectivity index (χ0n) is 13.7. The van der Waals surface area contributed by atoms with Crippen molar-refractivity contribution in [1.29, 1.82) is 0 Å². The quantitative estimate of drug-likeness (QED) is 0.656. The van der Waals surface area contributed by atoms with Crippen LogP contribution in [0.15, 0.2) is 54.7 Å². The highest BCUT2D eigenvalue weighted by Gasteiger charge is 2.12. The molecule has 3 rings (SSSR count). The number of hydrogen-bond donors (Lipinski definition) is 2. The van der Waals surface area contributed by atoms with Crippen molar-refractivity contribution in [1.82, 2.24) is 9.97 Å². The molecule has 0 fully saturated rings. The zero-order valence-corrected chi connectivity index (χ0v) is 15.2. The monoisotopic (exact) mass is 388 g/mol. The van der Waals surface area contributed by atoms with E-state index < -0.39 is 5.91 Å². The van der Waals surface area contributed by atoms with E-state index in [1.165, 1.54) is 12.3 Å². The number of rotatable bonds is 5. The number of ether oxygens (including phenoxy) is 1. The predicted molar refractivity (Wildman–Crippen MR) is 103 cm³/mol. The standard InChI is InChI=1S/C18H14Cl2N4O2/c1-26-12-7-5-11(6-8-12)22-18-21-10-9-15(24-18)17(25)23-14-4-2-3-13(19)16(14)20/h2-10H,1H3,(H,23,25)(H,21,22,24). The van der Waals surface area contributed by atoms with Crippen LogP contribution in [0.5, 0.6) is 5.75 Å². The first-order chi connectivity index (χ1) is 12.6. The zero-order chi connectivity index (χ0) is 18.5. The maximum absolute atomic E-state index is 12.4. The van der Waals surface area contributed by atoms with Crippen molar-refractivity contribution >= 4 is 46.4 Å². The SMILES string of the molecule is COc1ccc(Nc2nccc(C(=O)Nc3cccc(Cl)c3Cl)n2)cc1. The van der Waals surface area contributed by atoms with Crippen LogP contribution >= 0.6 is 23.2 Å². The van der Waals surface area contributed by atoms with E-state index in [1.54, 1.807) is 37.4 Å². The third kappa shape index (κ3) is 4.22. The Bertz CT molecular complexity index is 933. The number of amides is 1. The van der Waals surface area contributed by atoms with Crippen LogP contribution in [-0.2, 0) is 0 Å². The summed E-state index contributed by atoms with van der Waals surface area (Å²) in [4.78, 5) is 20.8. The van der Waals surface area contributed by atoms with Crippen molar-refractivity contribution in [2.45, 2.75) is 0 Å². The second kappa shape index (κ2) is 8.03. The average Bonchev–Trinajstić information content (AvgIpc) is 2.66. The Hall–Kier alpha value is -2.83. The van der Waals surface area contributed by atoms with Gasteiger partial charge in [-0.2, -0.15) is 0 Å². The molecular weight excluding hydrogens is 375 g/mol. The van der Waals surface area contributed by atoms with Crippen LogP contribution in [0.4, 0.5) is 17.3 Å². The lowest BCUT2D eigenvalue weighted by Gasteiger charge is -2.09. The number of benzene rings is 2. The van der Waals surface area contributed by atoms with Gasteiger partial charge < -0.3 is 15.4 Å². The van der Waals surface area contributed by atoms with Crippen LogP contribution in [0.25, 0.3) is 0 Å². The van der Waals surface area contributed by atoms with E-state index in [2.05, 4.69) is 20.6 Å². The van der Waals surface area contributed by atoms with Gasteiger partial charge in [0, 0.05) is 11.9 Å². The minimum absolute atomic E-state index is 0.187. The number of anilines is 3. The molecule has 0 aliphatic carbocycles. The number of halogens is 2. The van der Waals surface area contributed by atoms with Crippen molar-refractivity contribution in [3.05, 3.63) is 70.5 Å². The van der Waals surface area contributed by atoms with Crippen LogP contribution in [0, 0.1) is 0 Å². The summed E-state index contributed by atoms with van der Waals surface area (Å²) in [6, 6.07) is 13.7. The minimum Gasteiger partial charge on any atom is -0.497 e. The van der Waals surface area contributed by atoms with Crippen molar-refractivity contribution in [2.75, 3.05) is 17.7 Å². The molecule has 2 aromatic carbocycles. The van der Waals surface area contributed by atoms with E-state index in [9.17, 15) is 4.79 Å². The number of methoxy groups -OCH3 is 1. The molecule has 0 saturated heterocycles. The molecule has 0 radical (unpaired) electrons. The molecule has 0 bridgehead atoms. The summed E-state index contributed by atoms with van der Waals surface area (Å²) < 4.78 is 5.11. The van der Waals surface area contributed by atoms with Crippen LogP contribution in [0.2, 0.25) is 10.0 Å². The number of carbonyl (C=O) groups excluding carboxylic acids is 1. The van der Waals surface area contributed by atoms with Crippen molar-refractivity contribution in [2.24, 2.45) is 0 Å². The van der Waals surface area contributed by atoms with Crippen molar-refractivity contribution < 1.29 is 9.53 Å². The van der Waals surface area contributed by atoms with Gasteiger partial charge in [-0.1, -0.05) is 29.3 Å². The third-order valence-corrected chi connectivity index (χ3v) is 4.25. The summed E-state index contributed by atoms with van der Waals surface area (Å²) in [6.45, 7) is 0. The maximum Gasteiger partial charge on any atom is 0.274 e. The molecule has 0 saturated carbocycles. The van der Waals surface area contributed by atoms with Gasteiger partial charge in [-0.25, -0.2) is 9.97 Å². The Morgan fingerprint density at radius 3 is 2.58 bits per heavy atom. The summed E-state index contributed by atoms with van der Waals surface area (Å²) in [6.07, 6.45) is 1.49. The number of carbonyl (C=O) groups is 1. The Morgan fingerprint density at radius 2 is 1.85 bits per heavy atom. The molecule has 1 aromatic heterocycles. The van der Waals surface area contributed by atoms with Crippen LogP contribution < -0.4 is 15.4 Å². The number of nitrogens with one attached hydrogen (secondary N) is 2. The first-order valence-corrected chi connectivity index (χ1v) is 8.32. The molecule has 3 aromatic rings. The average molecular weight is 389 g/mol. The molecule has 0 atom stereocenters. The Morgan fingerprint density at radius 1 is 1.08 bits per heavy atom. The number of aromatic nitrogens is 2. The van der Waals surface area contributed by atoms with Gasteiger partial charge in [0.25, 0.3) is 5.91 Å². The molecule has 1 amide bonds. The highest BCUT2D eigenvalue weighted by atomic mass is 35.5. The van der Waals surface area contributed by atoms with E-state index >= 15 is 0 Å². The fraction of sp³-hybridized carbons (Fsp3) is 0.0556. The van der Waals surface area contributed by atoms with Gasteiger partial charge in [0.1, 0.15) is 11.4 Å². The van der Waals surface area contributed by atoms with E-state index in [-0.39, 0.29) is 10.7 Å². The Kier molecular flexibility index (Phi) is 5.55. The van der Waals surface area contributed by atoms with E-state index in [1.807, 2.05) is 12.1 Å². The van der Waals surface area contributed by atoms with Crippen molar-refractivity contribution in [3.8, 4) is 5.75 Å². The lowest BCUT2D eigenvalue weighted by atomic mass is 10.3. The normalized spacial score (nSPS) is 10.3. The van der Waals surface area contributed by atoms with Gasteiger partial charge in [0.05, 0.1) is 22.8 Å². The lowest BCUT2D eigenvalue weighted by molar-refractivity contribution is 0.102. The van der Waals surface area contributed by atoms with Gasteiger partial charge in [0.15, 0.2) is 0 Å². The van der Waals surface area contributed by atoms with Gasteiger partial charge in [-0.3, -0.25) is 4.79 Å². The topological polar surface area (TPSA) is 76.1 Å². The Balaban J connectivity index is 1.75. The molecule has 0 aliphatic rings. The molecule has 26 heavy (non-hydrogen) atoms. The number of hydrogen-bond acceptors (Lipinski definition) is 5. The van der Waals surface area contributed by atoms with Crippen LogP contribution in [-0.4, -0.2) is 23.0 Å². The molecule has 8 heteroatoms. The lowest BCUT2D eigenvalue weighted by Crippen LogP contribution is -2.15. The highest BCUT2D eigenvalue weighted by molar-refractivity contribution is 6.44. The maximum atomic E-state index is 12.4. The summed E-state index contributed by atoms with van der Waals surface area (Å²) in [5, 5.41) is 6.34. The molecule has 2 N–H and O–H groups in total. The van der Waals surface area contributed by atoms with Crippen molar-refractivity contribution in [3.63, 3.8) is 0 Å². The van der Waals surface area contributed by atoms with Crippen LogP contribution in [0.1, 0.15) is 10.5 Å². The smallest absolute Gasteiger partial charge is 0.274 e. The summed E-state index contributed by atoms with van der Waals surface area (Å²) >= 11 is 12.0. The second-order valence-electron chi connectivity index (χ2n) is 5.17. The molecule has 1 heterocycles. The molecule has 132 valence electrons. The fourth-order valence-corrected chi connectivity index (χ4v) is 2.48. The van der Waals surface area contributed by atoms with E-state index in [0.717, 1.165) is 11.4 Å².